The fourth-order valence-corrected chi connectivity index (χ4v) is 4.41. The Hall–Kier alpha value is -3.47. The number of likely N-dealkylation sites (tertiary alicyclic amines) is 1. The van der Waals surface area contributed by atoms with Crippen molar-refractivity contribution in [2.24, 2.45) is 0 Å². The molecule has 1 amide bonds. The number of hydrogen-bond acceptors (Lipinski definition) is 2. The average molecular weight is 413 g/mol. The van der Waals surface area contributed by atoms with Gasteiger partial charge >= 0.3 is 0 Å². The molecule has 0 radical (unpaired) electrons. The number of nitrogens with zero attached hydrogens (tertiary/aromatic N) is 3. The lowest BCUT2D eigenvalue weighted by molar-refractivity contribution is -0.127. The Bertz CT molecular complexity index is 1200. The monoisotopic (exact) mass is 413 g/mol. The number of halogens is 1. The summed E-state index contributed by atoms with van der Waals surface area (Å²) in [5, 5.41) is 0. The van der Waals surface area contributed by atoms with Gasteiger partial charge < -0.3 is 9.47 Å². The smallest absolute Gasteiger partial charge is 0.223 e. The zero-order valence-electron chi connectivity index (χ0n) is 17.2. The zero-order chi connectivity index (χ0) is 21.2. The second kappa shape index (κ2) is 8.34. The quantitative estimate of drug-likeness (QED) is 0.456. The molecule has 4 nitrogen and oxygen atoms in total. The van der Waals surface area contributed by atoms with Crippen LogP contribution in [-0.4, -0.2) is 33.4 Å². The predicted molar refractivity (Wildman–Crippen MR) is 119 cm³/mol. The number of para-hydroxylation sites is 2. The highest BCUT2D eigenvalue weighted by Crippen LogP contribution is 2.31. The van der Waals surface area contributed by atoms with E-state index in [2.05, 4.69) is 22.8 Å². The topological polar surface area (TPSA) is 38.1 Å². The Morgan fingerprint density at radius 1 is 0.903 bits per heavy atom. The Labute approximate surface area is 181 Å². The largest absolute Gasteiger partial charge is 0.342 e. The van der Waals surface area contributed by atoms with E-state index in [-0.39, 0.29) is 17.6 Å². The van der Waals surface area contributed by atoms with E-state index in [1.165, 1.54) is 17.7 Å². The van der Waals surface area contributed by atoms with Gasteiger partial charge in [0.2, 0.25) is 5.91 Å². The van der Waals surface area contributed by atoms with E-state index < -0.39 is 0 Å². The number of aromatic nitrogens is 2. The van der Waals surface area contributed by atoms with Crippen LogP contribution in [0.1, 0.15) is 29.3 Å². The molecule has 1 aliphatic rings. The van der Waals surface area contributed by atoms with Crippen LogP contribution in [0.25, 0.3) is 11.0 Å². The minimum absolute atomic E-state index is 0.0520. The van der Waals surface area contributed by atoms with Crippen LogP contribution in [0.5, 0.6) is 0 Å². The van der Waals surface area contributed by atoms with Gasteiger partial charge in [0, 0.05) is 32.0 Å². The number of benzene rings is 3. The van der Waals surface area contributed by atoms with E-state index in [9.17, 15) is 9.18 Å². The van der Waals surface area contributed by atoms with Gasteiger partial charge in [-0.2, -0.15) is 0 Å². The van der Waals surface area contributed by atoms with E-state index in [1.54, 1.807) is 12.1 Å². The Kier molecular flexibility index (Phi) is 5.24. The molecule has 31 heavy (non-hydrogen) atoms. The maximum atomic E-state index is 13.4. The van der Waals surface area contributed by atoms with Crippen molar-refractivity contribution in [3.8, 4) is 0 Å². The fourth-order valence-electron chi connectivity index (χ4n) is 4.41. The molecule has 4 aromatic rings. The van der Waals surface area contributed by atoms with E-state index in [0.29, 0.717) is 19.5 Å². The van der Waals surface area contributed by atoms with Crippen molar-refractivity contribution in [2.75, 3.05) is 13.1 Å². The molecule has 156 valence electrons. The molecule has 0 aliphatic carbocycles. The summed E-state index contributed by atoms with van der Waals surface area (Å²) >= 11 is 0. The van der Waals surface area contributed by atoms with Gasteiger partial charge in [0.05, 0.1) is 11.0 Å². The van der Waals surface area contributed by atoms with Crippen LogP contribution < -0.4 is 0 Å². The normalized spacial score (nSPS) is 16.4. The molecule has 2 heterocycles. The third-order valence-electron chi connectivity index (χ3n) is 6.03. The van der Waals surface area contributed by atoms with Gasteiger partial charge in [-0.1, -0.05) is 54.6 Å². The summed E-state index contributed by atoms with van der Waals surface area (Å²) in [6.45, 7) is 2.00. The lowest BCUT2D eigenvalue weighted by Gasteiger charge is -2.17. The average Bonchev–Trinajstić information content (AvgIpc) is 3.35. The van der Waals surface area contributed by atoms with E-state index in [4.69, 9.17) is 4.98 Å². The molecule has 1 aromatic heterocycles. The third kappa shape index (κ3) is 4.08. The van der Waals surface area contributed by atoms with Crippen LogP contribution in [0.15, 0.2) is 78.9 Å². The molecule has 0 spiro atoms. The van der Waals surface area contributed by atoms with Crippen LogP contribution in [0.4, 0.5) is 4.39 Å². The van der Waals surface area contributed by atoms with Crippen molar-refractivity contribution in [1.82, 2.24) is 14.5 Å². The number of carbonyl (C=O) groups is 1. The van der Waals surface area contributed by atoms with Crippen molar-refractivity contribution < 1.29 is 9.18 Å². The molecule has 1 fully saturated rings. The third-order valence-corrected chi connectivity index (χ3v) is 6.03. The summed E-state index contributed by atoms with van der Waals surface area (Å²) in [5.74, 6) is 0.924. The summed E-state index contributed by atoms with van der Waals surface area (Å²) in [4.78, 5) is 19.6. The summed E-state index contributed by atoms with van der Waals surface area (Å²) in [6.07, 6.45) is 1.33. The van der Waals surface area contributed by atoms with Crippen molar-refractivity contribution in [2.45, 2.75) is 25.3 Å². The van der Waals surface area contributed by atoms with Gasteiger partial charge in [0.1, 0.15) is 11.6 Å². The first-order chi connectivity index (χ1) is 15.2. The second-order valence-corrected chi connectivity index (χ2v) is 8.15. The molecule has 5 rings (SSSR count). The number of hydrogen-bond donors (Lipinski definition) is 0. The number of amides is 1. The molecule has 0 N–H and O–H groups in total. The van der Waals surface area contributed by atoms with Gasteiger partial charge in [-0.05, 0) is 41.8 Å². The van der Waals surface area contributed by atoms with Crippen LogP contribution in [-0.2, 0) is 17.8 Å². The Balaban J connectivity index is 1.40. The summed E-state index contributed by atoms with van der Waals surface area (Å²) < 4.78 is 15.5. The minimum Gasteiger partial charge on any atom is -0.342 e. The number of fused-ring (bicyclic) bond motifs is 1. The van der Waals surface area contributed by atoms with Crippen molar-refractivity contribution in [3.05, 3.63) is 102 Å². The van der Waals surface area contributed by atoms with E-state index in [1.807, 2.05) is 41.3 Å². The first-order valence-electron chi connectivity index (χ1n) is 10.7. The first kappa shape index (κ1) is 19.5. The van der Waals surface area contributed by atoms with Crippen LogP contribution in [0.3, 0.4) is 0 Å². The molecule has 3 aromatic carbocycles. The predicted octanol–water partition coefficient (Wildman–Crippen LogP) is 4.78. The van der Waals surface area contributed by atoms with Crippen molar-refractivity contribution >= 4 is 16.9 Å². The highest BCUT2D eigenvalue weighted by molar-refractivity contribution is 5.81. The fraction of sp³-hybridized carbons (Fsp3) is 0.231. The molecule has 1 aliphatic heterocycles. The molecule has 0 saturated carbocycles. The van der Waals surface area contributed by atoms with Gasteiger partial charge in [-0.3, -0.25) is 4.79 Å². The molecular formula is C26H24FN3O. The zero-order valence-corrected chi connectivity index (χ0v) is 17.2. The van der Waals surface area contributed by atoms with Crippen LogP contribution >= 0.6 is 0 Å². The maximum Gasteiger partial charge on any atom is 0.223 e. The molecular weight excluding hydrogens is 389 g/mol. The number of carbonyl (C=O) groups excluding carboxylic acids is 1. The van der Waals surface area contributed by atoms with Crippen LogP contribution in [0.2, 0.25) is 0 Å². The van der Waals surface area contributed by atoms with E-state index >= 15 is 0 Å². The standard InChI is InChI=1S/C26H24FN3O/c27-22-12-10-20(11-13-22)17-30-24-9-5-4-8-23(24)28-26(30)21-16-25(31)29(18-21)15-14-19-6-2-1-3-7-19/h1-13,21H,14-18H2. The lowest BCUT2D eigenvalue weighted by atomic mass is 10.1. The highest BCUT2D eigenvalue weighted by Gasteiger charge is 2.33. The van der Waals surface area contributed by atoms with Crippen LogP contribution in [0, 0.1) is 5.82 Å². The number of imidazole rings is 1. The molecule has 5 heteroatoms. The van der Waals surface area contributed by atoms with Crippen molar-refractivity contribution in [3.63, 3.8) is 0 Å². The second-order valence-electron chi connectivity index (χ2n) is 8.15. The summed E-state index contributed by atoms with van der Waals surface area (Å²) in [7, 11) is 0. The number of rotatable bonds is 6. The molecule has 1 saturated heterocycles. The Morgan fingerprint density at radius 2 is 1.65 bits per heavy atom. The maximum absolute atomic E-state index is 13.4. The van der Waals surface area contributed by atoms with Gasteiger partial charge in [-0.15, -0.1) is 0 Å². The molecule has 0 bridgehead atoms. The lowest BCUT2D eigenvalue weighted by Crippen LogP contribution is -2.27. The SMILES string of the molecule is O=C1CC(c2nc3ccccc3n2Cc2ccc(F)cc2)CN1CCc1ccccc1. The van der Waals surface area contributed by atoms with Gasteiger partial charge in [0.25, 0.3) is 0 Å². The molecule has 1 atom stereocenters. The van der Waals surface area contributed by atoms with Gasteiger partial charge in [0.15, 0.2) is 0 Å². The summed E-state index contributed by atoms with van der Waals surface area (Å²) in [5.41, 5.74) is 4.21. The minimum atomic E-state index is -0.241. The van der Waals surface area contributed by atoms with Gasteiger partial charge in [-0.25, -0.2) is 9.37 Å². The van der Waals surface area contributed by atoms with E-state index in [0.717, 1.165) is 35.4 Å². The Morgan fingerprint density at radius 3 is 2.45 bits per heavy atom. The molecule has 1 unspecified atom stereocenters. The first-order valence-corrected chi connectivity index (χ1v) is 10.7. The van der Waals surface area contributed by atoms with Crippen molar-refractivity contribution in [1.29, 1.82) is 0 Å². The highest BCUT2D eigenvalue weighted by atomic mass is 19.1. The summed E-state index contributed by atoms with van der Waals surface area (Å²) in [6, 6.07) is 24.9.